The molecule has 1 saturated heterocycles. The number of nitrogens with zero attached hydrogens (tertiary/aromatic N) is 7. The third-order valence-electron chi connectivity index (χ3n) is 6.57. The fourth-order valence-corrected chi connectivity index (χ4v) is 4.40. The highest BCUT2D eigenvalue weighted by Gasteiger charge is 2.22. The molecule has 0 amide bonds. The topological polar surface area (TPSA) is 62.5 Å². The summed E-state index contributed by atoms with van der Waals surface area (Å²) in [4.78, 5) is 23.8. The van der Waals surface area contributed by atoms with E-state index in [0.29, 0.717) is 12.5 Å². The molecule has 7 nitrogen and oxygen atoms in total. The first-order valence-corrected chi connectivity index (χ1v) is 11.7. The minimum absolute atomic E-state index is 0.492. The van der Waals surface area contributed by atoms with Gasteiger partial charge in [-0.25, -0.2) is 15.0 Å². The Bertz CT molecular complexity index is 1250. The molecule has 33 heavy (non-hydrogen) atoms. The third-order valence-corrected chi connectivity index (χ3v) is 6.57. The van der Waals surface area contributed by atoms with Crippen LogP contribution in [0.3, 0.4) is 0 Å². The molecular formula is C26H31N7. The first-order valence-electron chi connectivity index (χ1n) is 11.7. The van der Waals surface area contributed by atoms with Crippen molar-refractivity contribution >= 4 is 11.5 Å². The zero-order valence-electron chi connectivity index (χ0n) is 19.6. The summed E-state index contributed by atoms with van der Waals surface area (Å²) < 4.78 is 2.03. The molecule has 4 aromatic heterocycles. The number of hydrogen-bond acceptors (Lipinski definition) is 6. The normalized spacial score (nSPS) is 17.1. The van der Waals surface area contributed by atoms with Gasteiger partial charge in [-0.15, -0.1) is 0 Å². The van der Waals surface area contributed by atoms with Crippen LogP contribution >= 0.6 is 0 Å². The molecule has 0 spiro atoms. The van der Waals surface area contributed by atoms with Crippen LogP contribution in [-0.2, 0) is 19.3 Å². The molecule has 5 rings (SSSR count). The zero-order chi connectivity index (χ0) is 22.8. The quantitative estimate of drug-likeness (QED) is 0.457. The van der Waals surface area contributed by atoms with E-state index < -0.39 is 0 Å². The van der Waals surface area contributed by atoms with Crippen LogP contribution in [0.4, 0.5) is 5.82 Å². The Morgan fingerprint density at radius 3 is 2.67 bits per heavy atom. The lowest BCUT2D eigenvalue weighted by Crippen LogP contribution is -2.50. The molecule has 0 radical (unpaired) electrons. The number of aromatic nitrogens is 5. The summed E-state index contributed by atoms with van der Waals surface area (Å²) in [5.74, 6) is 1.85. The Balaban J connectivity index is 1.47. The minimum atomic E-state index is 0.492. The van der Waals surface area contributed by atoms with E-state index in [-0.39, 0.29) is 0 Å². The number of fused-ring (bicyclic) bond motifs is 1. The van der Waals surface area contributed by atoms with Crippen LogP contribution in [0.1, 0.15) is 42.2 Å². The van der Waals surface area contributed by atoms with Gasteiger partial charge in [-0.05, 0) is 55.8 Å². The number of imidazole rings is 1. The van der Waals surface area contributed by atoms with Crippen molar-refractivity contribution in [3.05, 3.63) is 83.5 Å². The van der Waals surface area contributed by atoms with Crippen LogP contribution < -0.4 is 4.90 Å². The second-order valence-electron chi connectivity index (χ2n) is 9.00. The maximum absolute atomic E-state index is 4.99. The highest BCUT2D eigenvalue weighted by Crippen LogP contribution is 2.21. The number of piperazine rings is 1. The third kappa shape index (κ3) is 4.88. The van der Waals surface area contributed by atoms with Crippen LogP contribution in [0.25, 0.3) is 5.65 Å². The van der Waals surface area contributed by atoms with E-state index in [2.05, 4.69) is 77.2 Å². The second kappa shape index (κ2) is 9.27. The predicted molar refractivity (Wildman–Crippen MR) is 131 cm³/mol. The Morgan fingerprint density at radius 1 is 0.909 bits per heavy atom. The van der Waals surface area contributed by atoms with Gasteiger partial charge in [0.25, 0.3) is 0 Å². The molecule has 7 heteroatoms. The van der Waals surface area contributed by atoms with Gasteiger partial charge in [0, 0.05) is 68.6 Å². The van der Waals surface area contributed by atoms with Crippen molar-refractivity contribution in [1.29, 1.82) is 0 Å². The standard InChI is InChI=1S/C26H31N7/c1-4-20-5-7-27-22(13-20)16-24-29-23(14-21-6-9-32-10-8-28-25(32)15-21)17-26(30-24)33-12-11-31(3)19(2)18-33/h5-10,13,15,17,19H,4,11-12,14,16,18H2,1-3H3/t19-/m1/s1. The summed E-state index contributed by atoms with van der Waals surface area (Å²) in [6.45, 7) is 7.41. The number of aryl methyl sites for hydroxylation is 1. The van der Waals surface area contributed by atoms with Crippen molar-refractivity contribution in [3.8, 4) is 0 Å². The predicted octanol–water partition coefficient (Wildman–Crippen LogP) is 3.40. The Hall–Kier alpha value is -3.32. The summed E-state index contributed by atoms with van der Waals surface area (Å²) in [7, 11) is 2.19. The molecular weight excluding hydrogens is 410 g/mol. The van der Waals surface area contributed by atoms with E-state index in [1.54, 1.807) is 0 Å². The average molecular weight is 442 g/mol. The van der Waals surface area contributed by atoms with Crippen LogP contribution in [-0.4, -0.2) is 62.0 Å². The molecule has 0 unspecified atom stereocenters. The first kappa shape index (κ1) is 21.5. The fraction of sp³-hybridized carbons (Fsp3) is 0.385. The molecule has 1 fully saturated rings. The zero-order valence-corrected chi connectivity index (χ0v) is 19.6. The molecule has 0 saturated carbocycles. The van der Waals surface area contributed by atoms with E-state index in [0.717, 1.165) is 61.2 Å². The van der Waals surface area contributed by atoms with Gasteiger partial charge in [0.1, 0.15) is 17.3 Å². The summed E-state index contributed by atoms with van der Waals surface area (Å²) in [5, 5.41) is 0. The monoisotopic (exact) mass is 441 g/mol. The maximum Gasteiger partial charge on any atom is 0.136 e. The molecule has 4 aromatic rings. The van der Waals surface area contributed by atoms with Crippen molar-refractivity contribution in [2.45, 2.75) is 39.2 Å². The highest BCUT2D eigenvalue weighted by atomic mass is 15.3. The van der Waals surface area contributed by atoms with Crippen LogP contribution in [0.5, 0.6) is 0 Å². The first-order chi connectivity index (χ1) is 16.1. The van der Waals surface area contributed by atoms with Crippen molar-refractivity contribution in [3.63, 3.8) is 0 Å². The molecule has 5 heterocycles. The van der Waals surface area contributed by atoms with E-state index in [9.17, 15) is 0 Å². The van der Waals surface area contributed by atoms with E-state index in [4.69, 9.17) is 9.97 Å². The summed E-state index contributed by atoms with van der Waals surface area (Å²) in [6, 6.07) is 11.2. The fourth-order valence-electron chi connectivity index (χ4n) is 4.40. The number of rotatable bonds is 6. The van der Waals surface area contributed by atoms with Crippen LogP contribution in [0, 0.1) is 0 Å². The lowest BCUT2D eigenvalue weighted by Gasteiger charge is -2.38. The van der Waals surface area contributed by atoms with Crippen molar-refractivity contribution in [1.82, 2.24) is 29.2 Å². The van der Waals surface area contributed by atoms with Gasteiger partial charge < -0.3 is 14.2 Å². The average Bonchev–Trinajstić information content (AvgIpc) is 3.29. The highest BCUT2D eigenvalue weighted by molar-refractivity contribution is 5.45. The number of anilines is 1. The maximum atomic E-state index is 4.99. The van der Waals surface area contributed by atoms with E-state index in [1.165, 1.54) is 11.1 Å². The number of likely N-dealkylation sites (N-methyl/N-ethyl adjacent to an activating group) is 1. The summed E-state index contributed by atoms with van der Waals surface area (Å²) in [5.41, 5.74) is 5.49. The number of hydrogen-bond donors (Lipinski definition) is 0. The van der Waals surface area contributed by atoms with Gasteiger partial charge >= 0.3 is 0 Å². The molecule has 1 atom stereocenters. The second-order valence-corrected chi connectivity index (χ2v) is 9.00. The molecule has 0 aromatic carbocycles. The molecule has 1 aliphatic rings. The molecule has 0 N–H and O–H groups in total. The van der Waals surface area contributed by atoms with Gasteiger partial charge in [0.05, 0.1) is 12.1 Å². The van der Waals surface area contributed by atoms with Gasteiger partial charge in [-0.1, -0.05) is 6.92 Å². The molecule has 0 bridgehead atoms. The minimum Gasteiger partial charge on any atom is -0.354 e. The van der Waals surface area contributed by atoms with Gasteiger partial charge in [-0.2, -0.15) is 0 Å². The number of pyridine rings is 2. The van der Waals surface area contributed by atoms with Crippen molar-refractivity contribution in [2.24, 2.45) is 0 Å². The largest absolute Gasteiger partial charge is 0.354 e. The summed E-state index contributed by atoms with van der Waals surface area (Å²) >= 11 is 0. The van der Waals surface area contributed by atoms with Gasteiger partial charge in [-0.3, -0.25) is 4.98 Å². The Morgan fingerprint density at radius 2 is 1.82 bits per heavy atom. The SMILES string of the molecule is CCc1ccnc(Cc2nc(Cc3ccn4ccnc4c3)cc(N3CCN(C)[C@H](C)C3)n2)c1. The van der Waals surface area contributed by atoms with Gasteiger partial charge in [0.2, 0.25) is 0 Å². The molecule has 0 aliphatic carbocycles. The lowest BCUT2D eigenvalue weighted by atomic mass is 10.1. The van der Waals surface area contributed by atoms with E-state index in [1.807, 2.05) is 23.0 Å². The van der Waals surface area contributed by atoms with Crippen LogP contribution in [0.2, 0.25) is 0 Å². The van der Waals surface area contributed by atoms with Crippen molar-refractivity contribution in [2.75, 3.05) is 31.6 Å². The van der Waals surface area contributed by atoms with Crippen LogP contribution in [0.15, 0.2) is 55.1 Å². The Labute approximate surface area is 195 Å². The van der Waals surface area contributed by atoms with Crippen molar-refractivity contribution < 1.29 is 0 Å². The van der Waals surface area contributed by atoms with Gasteiger partial charge in [0.15, 0.2) is 0 Å². The summed E-state index contributed by atoms with van der Waals surface area (Å²) in [6.07, 6.45) is 10.1. The molecule has 170 valence electrons. The smallest absolute Gasteiger partial charge is 0.136 e. The Kier molecular flexibility index (Phi) is 6.05. The van der Waals surface area contributed by atoms with E-state index >= 15 is 0 Å². The lowest BCUT2D eigenvalue weighted by molar-refractivity contribution is 0.233. The molecule has 1 aliphatic heterocycles.